The molecule has 0 unspecified atom stereocenters. The van der Waals surface area contributed by atoms with E-state index < -0.39 is 0 Å². The Kier molecular flexibility index (Phi) is 2.74. The Morgan fingerprint density at radius 3 is 2.40 bits per heavy atom. The number of thiocarbonyl (C=S) groups is 1. The summed E-state index contributed by atoms with van der Waals surface area (Å²) in [5.74, 6) is 0. The zero-order valence-electron chi connectivity index (χ0n) is 7.94. The van der Waals surface area contributed by atoms with Crippen molar-refractivity contribution < 1.29 is 4.79 Å². The Hall–Kier alpha value is -1.74. The van der Waals surface area contributed by atoms with Gasteiger partial charge in [0, 0.05) is 11.3 Å². The second-order valence-electron chi connectivity index (χ2n) is 3.17. The van der Waals surface area contributed by atoms with Crippen molar-refractivity contribution in [3.63, 3.8) is 0 Å². The van der Waals surface area contributed by atoms with Crippen molar-refractivity contribution in [1.82, 2.24) is 0 Å². The second kappa shape index (κ2) is 4.19. The number of benzene rings is 2. The van der Waals surface area contributed by atoms with Crippen LogP contribution in [0.1, 0.15) is 10.4 Å². The average molecular weight is 215 g/mol. The van der Waals surface area contributed by atoms with E-state index in [0.29, 0.717) is 5.56 Å². The van der Waals surface area contributed by atoms with Crippen molar-refractivity contribution in [2.45, 2.75) is 0 Å². The molecule has 0 saturated heterocycles. The van der Waals surface area contributed by atoms with Crippen molar-refractivity contribution in [3.05, 3.63) is 42.0 Å². The summed E-state index contributed by atoms with van der Waals surface area (Å²) in [4.78, 5) is 10.9. The highest BCUT2D eigenvalue weighted by Gasteiger charge is 2.02. The fraction of sp³-hybridized carbons (Fsp3) is 0. The van der Waals surface area contributed by atoms with E-state index in [4.69, 9.17) is 12.2 Å². The topological polar surface area (TPSA) is 29.1 Å². The predicted octanol–water partition coefficient (Wildman–Crippen LogP) is 3.02. The summed E-state index contributed by atoms with van der Waals surface area (Å²) < 4.78 is 0. The van der Waals surface area contributed by atoms with Crippen LogP contribution in [-0.4, -0.2) is 11.8 Å². The van der Waals surface area contributed by atoms with Crippen LogP contribution in [0.25, 0.3) is 10.8 Å². The molecule has 0 radical (unpaired) electrons. The minimum absolute atomic E-state index is 0.620. The first kappa shape index (κ1) is 9.80. The molecular formula is C12H9NOS. The molecule has 0 heterocycles. The summed E-state index contributed by atoms with van der Waals surface area (Å²) in [6, 6.07) is 11.7. The molecule has 0 amide bonds. The van der Waals surface area contributed by atoms with Gasteiger partial charge in [0.05, 0.1) is 5.49 Å². The van der Waals surface area contributed by atoms with Crippen LogP contribution in [0.15, 0.2) is 36.4 Å². The third-order valence-corrected chi connectivity index (χ3v) is 2.38. The lowest BCUT2D eigenvalue weighted by molar-refractivity contribution is 0.112. The van der Waals surface area contributed by atoms with E-state index in [1.54, 1.807) is 0 Å². The van der Waals surface area contributed by atoms with Gasteiger partial charge in [-0.25, -0.2) is 0 Å². The highest BCUT2D eigenvalue weighted by atomic mass is 32.1. The molecule has 0 aliphatic heterocycles. The summed E-state index contributed by atoms with van der Waals surface area (Å²) in [6.07, 6.45) is 0.827. The number of rotatable bonds is 3. The zero-order valence-corrected chi connectivity index (χ0v) is 8.75. The predicted molar refractivity (Wildman–Crippen MR) is 66.6 cm³/mol. The van der Waals surface area contributed by atoms with E-state index in [9.17, 15) is 4.79 Å². The highest BCUT2D eigenvalue weighted by Crippen LogP contribution is 2.22. The Morgan fingerprint density at radius 1 is 1.13 bits per heavy atom. The molecule has 0 bridgehead atoms. The first-order chi connectivity index (χ1) is 7.35. The lowest BCUT2D eigenvalue weighted by atomic mass is 10.1. The standard InChI is InChI=1S/C12H9NOS/c14-7-11-5-9-3-1-2-4-10(9)6-12(11)13-8-15/h1-8H,(H,13,15). The molecule has 0 aromatic heterocycles. The van der Waals surface area contributed by atoms with Crippen molar-refractivity contribution in [2.24, 2.45) is 0 Å². The van der Waals surface area contributed by atoms with Gasteiger partial charge in [-0.1, -0.05) is 36.5 Å². The van der Waals surface area contributed by atoms with Crippen LogP contribution >= 0.6 is 12.2 Å². The third-order valence-electron chi connectivity index (χ3n) is 2.26. The van der Waals surface area contributed by atoms with Crippen LogP contribution in [0.2, 0.25) is 0 Å². The van der Waals surface area contributed by atoms with Gasteiger partial charge in [0.15, 0.2) is 6.29 Å². The highest BCUT2D eigenvalue weighted by molar-refractivity contribution is 7.79. The molecule has 2 nitrogen and oxygen atoms in total. The van der Waals surface area contributed by atoms with E-state index in [2.05, 4.69) is 5.32 Å². The average Bonchev–Trinajstić information content (AvgIpc) is 2.28. The minimum Gasteiger partial charge on any atom is -0.352 e. The van der Waals surface area contributed by atoms with Crippen LogP contribution in [0.5, 0.6) is 0 Å². The molecule has 0 aliphatic rings. The summed E-state index contributed by atoms with van der Waals surface area (Å²) in [6.45, 7) is 0. The summed E-state index contributed by atoms with van der Waals surface area (Å²) in [5, 5.41) is 5.01. The number of hydrogen-bond donors (Lipinski definition) is 1. The molecular weight excluding hydrogens is 206 g/mol. The molecule has 1 N–H and O–H groups in total. The third kappa shape index (κ3) is 1.87. The van der Waals surface area contributed by atoms with E-state index in [-0.39, 0.29) is 0 Å². The molecule has 0 fully saturated rings. The van der Waals surface area contributed by atoms with Crippen molar-refractivity contribution in [2.75, 3.05) is 5.32 Å². The van der Waals surface area contributed by atoms with E-state index in [1.165, 1.54) is 5.49 Å². The first-order valence-electron chi connectivity index (χ1n) is 4.53. The Bertz CT molecular complexity index is 522. The number of carbonyl (C=O) groups excluding carboxylic acids is 1. The monoisotopic (exact) mass is 215 g/mol. The van der Waals surface area contributed by atoms with Crippen LogP contribution in [0.4, 0.5) is 5.69 Å². The first-order valence-corrected chi connectivity index (χ1v) is 5.00. The number of nitrogens with one attached hydrogen (secondary N) is 1. The Morgan fingerprint density at radius 2 is 1.80 bits per heavy atom. The van der Waals surface area contributed by atoms with Gasteiger partial charge in [0.25, 0.3) is 0 Å². The van der Waals surface area contributed by atoms with E-state index in [1.807, 2.05) is 36.4 Å². The fourth-order valence-corrected chi connectivity index (χ4v) is 1.67. The maximum absolute atomic E-state index is 10.9. The Balaban J connectivity index is 2.68. The Labute approximate surface area is 92.9 Å². The molecule has 0 aliphatic carbocycles. The summed E-state index contributed by atoms with van der Waals surface area (Å²) in [7, 11) is 0. The largest absolute Gasteiger partial charge is 0.352 e. The van der Waals surface area contributed by atoms with Gasteiger partial charge in [0.2, 0.25) is 0 Å². The lowest BCUT2D eigenvalue weighted by Gasteiger charge is -2.06. The maximum atomic E-state index is 10.9. The van der Waals surface area contributed by atoms with Gasteiger partial charge in [0.1, 0.15) is 0 Å². The van der Waals surface area contributed by atoms with Gasteiger partial charge in [-0.2, -0.15) is 0 Å². The zero-order chi connectivity index (χ0) is 10.7. The number of hydrogen-bond acceptors (Lipinski definition) is 2. The second-order valence-corrected chi connectivity index (χ2v) is 3.40. The molecule has 2 aromatic rings. The fourth-order valence-electron chi connectivity index (χ4n) is 1.54. The van der Waals surface area contributed by atoms with Gasteiger partial charge in [-0.15, -0.1) is 0 Å². The quantitative estimate of drug-likeness (QED) is 0.630. The molecule has 74 valence electrons. The number of carbonyl (C=O) groups is 1. The summed E-state index contributed by atoms with van der Waals surface area (Å²) in [5.41, 5.74) is 2.77. The van der Waals surface area contributed by atoms with Crippen LogP contribution in [-0.2, 0) is 0 Å². The van der Waals surface area contributed by atoms with Crippen molar-refractivity contribution in [1.29, 1.82) is 0 Å². The molecule has 0 spiro atoms. The smallest absolute Gasteiger partial charge is 0.152 e. The van der Waals surface area contributed by atoms with Gasteiger partial charge >= 0.3 is 0 Å². The molecule has 0 atom stereocenters. The SMILES string of the molecule is O=Cc1cc2ccccc2cc1NC=S. The van der Waals surface area contributed by atoms with Gasteiger partial charge < -0.3 is 5.32 Å². The van der Waals surface area contributed by atoms with E-state index >= 15 is 0 Å². The molecule has 3 heteroatoms. The van der Waals surface area contributed by atoms with Gasteiger partial charge in [-0.3, -0.25) is 4.79 Å². The van der Waals surface area contributed by atoms with E-state index in [0.717, 1.165) is 22.7 Å². The van der Waals surface area contributed by atoms with Gasteiger partial charge in [-0.05, 0) is 22.9 Å². The number of fused-ring (bicyclic) bond motifs is 1. The maximum Gasteiger partial charge on any atom is 0.152 e. The van der Waals surface area contributed by atoms with Crippen molar-refractivity contribution >= 4 is 40.5 Å². The minimum atomic E-state index is 0.620. The van der Waals surface area contributed by atoms with Crippen LogP contribution in [0, 0.1) is 0 Å². The van der Waals surface area contributed by atoms with Crippen molar-refractivity contribution in [3.8, 4) is 0 Å². The van der Waals surface area contributed by atoms with Crippen LogP contribution < -0.4 is 5.32 Å². The number of aldehydes is 1. The number of anilines is 1. The molecule has 2 rings (SSSR count). The summed E-state index contributed by atoms with van der Waals surface area (Å²) >= 11 is 4.71. The normalized spacial score (nSPS) is 9.87. The molecule has 2 aromatic carbocycles. The molecule has 15 heavy (non-hydrogen) atoms. The molecule has 0 saturated carbocycles. The lowest BCUT2D eigenvalue weighted by Crippen LogP contribution is -1.96. The van der Waals surface area contributed by atoms with Crippen LogP contribution in [0.3, 0.4) is 0 Å².